The van der Waals surface area contributed by atoms with E-state index in [0.29, 0.717) is 45.4 Å². The Bertz CT molecular complexity index is 1360. The Morgan fingerprint density at radius 2 is 1.49 bits per heavy atom. The fourth-order valence-corrected chi connectivity index (χ4v) is 5.90. The standard InChI is InChI=1S/C28H22Cl2N2O3/c29-20-10-6-11-21(30)26(20)19-15-25(34)32(22-12-5-4-9-18(22)28(31)35)23-13-17(14-24(33)27(19)23)16-7-2-1-3-8-16/h1-12,17,19H,13-15H2,(H2,31,35). The van der Waals surface area contributed by atoms with Crippen LogP contribution in [0, 0.1) is 0 Å². The fourth-order valence-electron chi connectivity index (χ4n) is 5.24. The van der Waals surface area contributed by atoms with Crippen LogP contribution in [0.2, 0.25) is 10.0 Å². The molecule has 35 heavy (non-hydrogen) atoms. The molecule has 3 aromatic rings. The van der Waals surface area contributed by atoms with Crippen LogP contribution in [0.25, 0.3) is 0 Å². The van der Waals surface area contributed by atoms with Crippen LogP contribution in [-0.4, -0.2) is 17.6 Å². The molecule has 1 aliphatic heterocycles. The van der Waals surface area contributed by atoms with Gasteiger partial charge in [0.05, 0.1) is 11.3 Å². The van der Waals surface area contributed by atoms with E-state index in [-0.39, 0.29) is 29.6 Å². The number of carbonyl (C=O) groups is 3. The Labute approximate surface area is 213 Å². The largest absolute Gasteiger partial charge is 0.366 e. The van der Waals surface area contributed by atoms with Crippen LogP contribution in [0.15, 0.2) is 84.1 Å². The number of rotatable bonds is 4. The number of anilines is 1. The monoisotopic (exact) mass is 504 g/mol. The maximum atomic E-state index is 13.7. The molecule has 2 N–H and O–H groups in total. The average Bonchev–Trinajstić information content (AvgIpc) is 2.84. The van der Waals surface area contributed by atoms with Crippen molar-refractivity contribution in [1.82, 2.24) is 0 Å². The summed E-state index contributed by atoms with van der Waals surface area (Å²) < 4.78 is 0. The molecule has 2 atom stereocenters. The zero-order chi connectivity index (χ0) is 24.7. The smallest absolute Gasteiger partial charge is 0.250 e. The van der Waals surface area contributed by atoms with E-state index in [1.54, 1.807) is 42.5 Å². The molecular formula is C28H22Cl2N2O3. The molecule has 0 bridgehead atoms. The third kappa shape index (κ3) is 4.15. The summed E-state index contributed by atoms with van der Waals surface area (Å²) in [5.41, 5.74) is 8.92. The highest BCUT2D eigenvalue weighted by atomic mass is 35.5. The van der Waals surface area contributed by atoms with Crippen LogP contribution in [0.5, 0.6) is 0 Å². The van der Waals surface area contributed by atoms with Gasteiger partial charge in [-0.2, -0.15) is 0 Å². The van der Waals surface area contributed by atoms with Gasteiger partial charge >= 0.3 is 0 Å². The molecule has 0 aromatic heterocycles. The molecule has 3 aromatic carbocycles. The molecule has 1 heterocycles. The number of halogens is 2. The van der Waals surface area contributed by atoms with Crippen LogP contribution in [-0.2, 0) is 9.59 Å². The number of nitrogens with zero attached hydrogens (tertiary/aromatic N) is 1. The van der Waals surface area contributed by atoms with E-state index in [1.807, 2.05) is 30.3 Å². The topological polar surface area (TPSA) is 80.5 Å². The fraction of sp³-hybridized carbons (Fsp3) is 0.179. The highest BCUT2D eigenvalue weighted by Crippen LogP contribution is 2.49. The van der Waals surface area contributed by atoms with Crippen molar-refractivity contribution in [3.05, 3.63) is 111 Å². The normalized spacial score (nSPS) is 20.1. The first-order chi connectivity index (χ1) is 16.9. The van der Waals surface area contributed by atoms with Gasteiger partial charge in [-0.25, -0.2) is 0 Å². The second-order valence-electron chi connectivity index (χ2n) is 8.80. The minimum Gasteiger partial charge on any atom is -0.366 e. The molecule has 0 radical (unpaired) electrons. The molecule has 2 unspecified atom stereocenters. The van der Waals surface area contributed by atoms with Crippen LogP contribution >= 0.6 is 23.2 Å². The molecule has 0 saturated heterocycles. The van der Waals surface area contributed by atoms with Gasteiger partial charge in [0.25, 0.3) is 5.91 Å². The molecule has 7 heteroatoms. The second kappa shape index (κ2) is 9.33. The molecule has 0 fully saturated rings. The number of carbonyl (C=O) groups excluding carboxylic acids is 3. The third-order valence-electron chi connectivity index (χ3n) is 6.76. The number of hydrogen-bond donors (Lipinski definition) is 1. The first-order valence-electron chi connectivity index (χ1n) is 11.3. The minimum absolute atomic E-state index is 0.00285. The van der Waals surface area contributed by atoms with E-state index in [2.05, 4.69) is 0 Å². The van der Waals surface area contributed by atoms with Crippen LogP contribution < -0.4 is 10.6 Å². The van der Waals surface area contributed by atoms with Gasteiger partial charge in [0, 0.05) is 40.1 Å². The summed E-state index contributed by atoms with van der Waals surface area (Å²) in [6, 6.07) is 21.6. The summed E-state index contributed by atoms with van der Waals surface area (Å²) in [6.07, 6.45) is 0.751. The van der Waals surface area contributed by atoms with Gasteiger partial charge in [-0.15, -0.1) is 0 Å². The van der Waals surface area contributed by atoms with Crippen LogP contribution in [0.1, 0.15) is 52.6 Å². The number of allylic oxidation sites excluding steroid dienone is 2. The van der Waals surface area contributed by atoms with Crippen molar-refractivity contribution in [3.63, 3.8) is 0 Å². The summed E-state index contributed by atoms with van der Waals surface area (Å²) >= 11 is 13.1. The van der Waals surface area contributed by atoms with Crippen molar-refractivity contribution in [3.8, 4) is 0 Å². The molecule has 2 aliphatic rings. The number of amides is 2. The van der Waals surface area contributed by atoms with Crippen molar-refractivity contribution in [2.24, 2.45) is 5.73 Å². The number of ketones is 1. The van der Waals surface area contributed by atoms with Crippen molar-refractivity contribution >= 4 is 46.5 Å². The summed E-state index contributed by atoms with van der Waals surface area (Å²) in [6.45, 7) is 0. The molecule has 0 spiro atoms. The lowest BCUT2D eigenvalue weighted by Crippen LogP contribution is -2.42. The summed E-state index contributed by atoms with van der Waals surface area (Å²) in [4.78, 5) is 41.2. The maximum absolute atomic E-state index is 13.7. The average molecular weight is 505 g/mol. The van der Waals surface area contributed by atoms with Gasteiger partial charge in [0.15, 0.2) is 5.78 Å². The Kier molecular flexibility index (Phi) is 6.22. The Morgan fingerprint density at radius 3 is 2.17 bits per heavy atom. The predicted octanol–water partition coefficient (Wildman–Crippen LogP) is 6.01. The Morgan fingerprint density at radius 1 is 0.829 bits per heavy atom. The number of nitrogens with two attached hydrogens (primary N) is 1. The van der Waals surface area contributed by atoms with Gasteiger partial charge in [0.1, 0.15) is 0 Å². The zero-order valence-corrected chi connectivity index (χ0v) is 20.2. The van der Waals surface area contributed by atoms with Gasteiger partial charge in [-0.3, -0.25) is 19.3 Å². The first kappa shape index (κ1) is 23.3. The third-order valence-corrected chi connectivity index (χ3v) is 7.42. The quantitative estimate of drug-likeness (QED) is 0.471. The first-order valence-corrected chi connectivity index (χ1v) is 12.1. The molecule has 0 saturated carbocycles. The van der Waals surface area contributed by atoms with E-state index in [9.17, 15) is 14.4 Å². The minimum atomic E-state index is -0.645. The predicted molar refractivity (Wildman–Crippen MR) is 137 cm³/mol. The molecular weight excluding hydrogens is 483 g/mol. The van der Waals surface area contributed by atoms with E-state index >= 15 is 0 Å². The van der Waals surface area contributed by atoms with Crippen molar-refractivity contribution in [2.75, 3.05) is 4.90 Å². The lowest BCUT2D eigenvalue weighted by molar-refractivity contribution is -0.120. The maximum Gasteiger partial charge on any atom is 0.250 e. The zero-order valence-electron chi connectivity index (χ0n) is 18.7. The number of benzene rings is 3. The summed E-state index contributed by atoms with van der Waals surface area (Å²) in [7, 11) is 0. The number of primary amides is 1. The van der Waals surface area contributed by atoms with Crippen LogP contribution in [0.3, 0.4) is 0 Å². The van der Waals surface area contributed by atoms with Crippen molar-refractivity contribution < 1.29 is 14.4 Å². The second-order valence-corrected chi connectivity index (χ2v) is 9.62. The number of Topliss-reactive ketones (excluding diaryl/α,β-unsaturated/α-hetero) is 1. The Balaban J connectivity index is 1.73. The molecule has 176 valence electrons. The number of hydrogen-bond acceptors (Lipinski definition) is 3. The molecule has 5 nitrogen and oxygen atoms in total. The van der Waals surface area contributed by atoms with Crippen LogP contribution in [0.4, 0.5) is 5.69 Å². The molecule has 2 amide bonds. The molecule has 1 aliphatic carbocycles. The SMILES string of the molecule is NC(=O)c1ccccc1N1C(=O)CC(c2c(Cl)cccc2Cl)C2=C1CC(c1ccccc1)CC2=O. The number of para-hydroxylation sites is 1. The van der Waals surface area contributed by atoms with E-state index in [4.69, 9.17) is 28.9 Å². The van der Waals surface area contributed by atoms with Gasteiger partial charge in [-0.1, -0.05) is 71.7 Å². The van der Waals surface area contributed by atoms with Gasteiger partial charge in [-0.05, 0) is 47.7 Å². The highest BCUT2D eigenvalue weighted by Gasteiger charge is 2.44. The summed E-state index contributed by atoms with van der Waals surface area (Å²) in [5, 5.41) is 0.817. The van der Waals surface area contributed by atoms with E-state index in [1.165, 1.54) is 4.90 Å². The van der Waals surface area contributed by atoms with Gasteiger partial charge < -0.3 is 5.73 Å². The van der Waals surface area contributed by atoms with Crippen molar-refractivity contribution in [1.29, 1.82) is 0 Å². The van der Waals surface area contributed by atoms with Crippen molar-refractivity contribution in [2.45, 2.75) is 31.1 Å². The van der Waals surface area contributed by atoms with Gasteiger partial charge in [0.2, 0.25) is 5.91 Å². The lowest BCUT2D eigenvalue weighted by atomic mass is 9.72. The Hall–Kier alpha value is -3.41. The molecule has 5 rings (SSSR count). The summed E-state index contributed by atoms with van der Waals surface area (Å²) in [5.74, 6) is -1.64. The lowest BCUT2D eigenvalue weighted by Gasteiger charge is -2.41. The van der Waals surface area contributed by atoms with E-state index < -0.39 is 11.8 Å². The van der Waals surface area contributed by atoms with E-state index in [0.717, 1.165) is 5.56 Å². The highest BCUT2D eigenvalue weighted by molar-refractivity contribution is 6.36.